The van der Waals surface area contributed by atoms with E-state index >= 15 is 0 Å². The van der Waals surface area contributed by atoms with Crippen LogP contribution in [0, 0.1) is 5.92 Å². The van der Waals surface area contributed by atoms with Gasteiger partial charge in [-0.2, -0.15) is 0 Å². The van der Waals surface area contributed by atoms with Crippen LogP contribution >= 0.6 is 0 Å². The van der Waals surface area contributed by atoms with Crippen molar-refractivity contribution < 1.29 is 0 Å². The summed E-state index contributed by atoms with van der Waals surface area (Å²) in [5.74, 6) is 0.638. The second-order valence-electron chi connectivity index (χ2n) is 2.94. The second kappa shape index (κ2) is 2.43. The standard InChI is InChI=1S/C9H11N/c1-2-6-9-8(4-1)5-3-7-10-9/h5,7-8H,1-2,4,6H2. The Balaban J connectivity index is 2.24. The fourth-order valence-corrected chi connectivity index (χ4v) is 1.64. The third kappa shape index (κ3) is 0.932. The third-order valence-corrected chi connectivity index (χ3v) is 2.23. The van der Waals surface area contributed by atoms with Crippen molar-refractivity contribution >= 4 is 5.71 Å². The van der Waals surface area contributed by atoms with Gasteiger partial charge < -0.3 is 0 Å². The lowest BCUT2D eigenvalue weighted by atomic mass is 9.86. The topological polar surface area (TPSA) is 12.4 Å². The average molecular weight is 133 g/mol. The molecule has 1 aliphatic heterocycles. The highest BCUT2D eigenvalue weighted by molar-refractivity contribution is 5.89. The van der Waals surface area contributed by atoms with Gasteiger partial charge in [0.25, 0.3) is 0 Å². The van der Waals surface area contributed by atoms with Crippen LogP contribution in [0.15, 0.2) is 23.0 Å². The lowest BCUT2D eigenvalue weighted by molar-refractivity contribution is 0.593. The number of nitrogens with zero attached hydrogens (tertiary/aromatic N) is 1. The minimum atomic E-state index is 0.638. The predicted octanol–water partition coefficient (Wildman–Crippen LogP) is 2.30. The van der Waals surface area contributed by atoms with Crippen molar-refractivity contribution in [3.63, 3.8) is 0 Å². The van der Waals surface area contributed by atoms with Gasteiger partial charge in [-0.3, -0.25) is 4.99 Å². The average Bonchev–Trinajstić information content (AvgIpc) is 2.05. The van der Waals surface area contributed by atoms with Crippen LogP contribution in [-0.2, 0) is 0 Å². The Bertz CT molecular complexity index is 219. The van der Waals surface area contributed by atoms with Crippen molar-refractivity contribution in [1.82, 2.24) is 0 Å². The Morgan fingerprint density at radius 3 is 3.40 bits per heavy atom. The highest BCUT2D eigenvalue weighted by Crippen LogP contribution is 2.23. The molecule has 0 spiro atoms. The maximum absolute atomic E-state index is 4.30. The van der Waals surface area contributed by atoms with E-state index in [1.54, 1.807) is 6.20 Å². The van der Waals surface area contributed by atoms with E-state index in [1.807, 2.05) is 0 Å². The van der Waals surface area contributed by atoms with E-state index in [-0.39, 0.29) is 0 Å². The zero-order chi connectivity index (χ0) is 6.81. The van der Waals surface area contributed by atoms with Crippen LogP contribution in [0.4, 0.5) is 0 Å². The van der Waals surface area contributed by atoms with Gasteiger partial charge in [-0.1, -0.05) is 6.42 Å². The van der Waals surface area contributed by atoms with Crippen molar-refractivity contribution in [2.24, 2.45) is 10.9 Å². The maximum atomic E-state index is 4.30. The van der Waals surface area contributed by atoms with Gasteiger partial charge in [-0.05, 0) is 25.3 Å². The van der Waals surface area contributed by atoms with Gasteiger partial charge in [0.2, 0.25) is 0 Å². The molecule has 1 fully saturated rings. The zero-order valence-corrected chi connectivity index (χ0v) is 6.01. The number of hydrogen-bond acceptors (Lipinski definition) is 1. The molecule has 10 heavy (non-hydrogen) atoms. The molecule has 0 aromatic rings. The smallest absolute Gasteiger partial charge is 0.0683 e. The highest BCUT2D eigenvalue weighted by atomic mass is 14.7. The molecule has 1 saturated carbocycles. The van der Waals surface area contributed by atoms with E-state index in [0.717, 1.165) is 0 Å². The first-order valence-corrected chi connectivity index (χ1v) is 3.94. The minimum Gasteiger partial charge on any atom is -0.257 e. The number of aliphatic imine (C=N–C) groups is 1. The molecule has 1 aliphatic carbocycles. The summed E-state index contributed by atoms with van der Waals surface area (Å²) in [5, 5.41) is 0. The largest absolute Gasteiger partial charge is 0.257 e. The van der Waals surface area contributed by atoms with Gasteiger partial charge >= 0.3 is 0 Å². The van der Waals surface area contributed by atoms with Gasteiger partial charge in [-0.15, -0.1) is 5.73 Å². The van der Waals surface area contributed by atoms with E-state index in [1.165, 1.54) is 31.4 Å². The predicted molar refractivity (Wildman–Crippen MR) is 42.0 cm³/mol. The van der Waals surface area contributed by atoms with Crippen molar-refractivity contribution in [2.45, 2.75) is 25.7 Å². The Labute approximate surface area is 61.2 Å². The molecule has 52 valence electrons. The summed E-state index contributed by atoms with van der Waals surface area (Å²) in [6, 6.07) is 0. The zero-order valence-electron chi connectivity index (χ0n) is 6.01. The van der Waals surface area contributed by atoms with E-state index < -0.39 is 0 Å². The molecule has 1 heteroatoms. The molecular formula is C9H11N. The first-order chi connectivity index (χ1) is 4.97. The maximum Gasteiger partial charge on any atom is 0.0683 e. The Hall–Kier alpha value is -0.810. The lowest BCUT2D eigenvalue weighted by Gasteiger charge is -2.20. The summed E-state index contributed by atoms with van der Waals surface area (Å²) in [5.41, 5.74) is 4.43. The minimum absolute atomic E-state index is 0.638. The molecule has 0 radical (unpaired) electrons. The second-order valence-corrected chi connectivity index (χ2v) is 2.94. The van der Waals surface area contributed by atoms with Crippen LogP contribution in [0.3, 0.4) is 0 Å². The molecule has 0 N–H and O–H groups in total. The molecule has 1 unspecified atom stereocenters. The molecule has 2 rings (SSSR count). The number of allylic oxidation sites excluding steroid dienone is 1. The SMILES string of the molecule is C1=CN=C2CCCCC2C=1. The first-order valence-electron chi connectivity index (χ1n) is 3.94. The summed E-state index contributed by atoms with van der Waals surface area (Å²) >= 11 is 0. The monoisotopic (exact) mass is 133 g/mol. The van der Waals surface area contributed by atoms with Crippen LogP contribution in [0.1, 0.15) is 25.7 Å². The summed E-state index contributed by atoms with van der Waals surface area (Å²) in [6.45, 7) is 0. The van der Waals surface area contributed by atoms with E-state index in [4.69, 9.17) is 0 Å². The molecule has 0 aromatic carbocycles. The highest BCUT2D eigenvalue weighted by Gasteiger charge is 2.17. The quantitative estimate of drug-likeness (QED) is 0.449. The molecule has 0 amide bonds. The molecule has 1 nitrogen and oxygen atoms in total. The lowest BCUT2D eigenvalue weighted by Crippen LogP contribution is -2.17. The fraction of sp³-hybridized carbons (Fsp3) is 0.556. The molecule has 0 aromatic heterocycles. The number of fused-ring (bicyclic) bond motifs is 1. The molecule has 0 saturated heterocycles. The van der Waals surface area contributed by atoms with E-state index in [2.05, 4.69) is 16.8 Å². The number of hydrogen-bond donors (Lipinski definition) is 0. The Morgan fingerprint density at radius 1 is 1.50 bits per heavy atom. The first kappa shape index (κ1) is 5.94. The third-order valence-electron chi connectivity index (χ3n) is 2.23. The molecule has 1 heterocycles. The summed E-state index contributed by atoms with van der Waals surface area (Å²) in [4.78, 5) is 4.30. The van der Waals surface area contributed by atoms with Gasteiger partial charge in [0, 0.05) is 11.6 Å². The van der Waals surface area contributed by atoms with Crippen LogP contribution in [0.25, 0.3) is 0 Å². The molecule has 1 atom stereocenters. The van der Waals surface area contributed by atoms with Gasteiger partial charge in [-0.25, -0.2) is 0 Å². The van der Waals surface area contributed by atoms with Gasteiger partial charge in [0.15, 0.2) is 0 Å². The van der Waals surface area contributed by atoms with Crippen LogP contribution < -0.4 is 0 Å². The number of rotatable bonds is 0. The van der Waals surface area contributed by atoms with Crippen LogP contribution in [-0.4, -0.2) is 5.71 Å². The van der Waals surface area contributed by atoms with Crippen molar-refractivity contribution in [3.05, 3.63) is 18.0 Å². The normalized spacial score (nSPS) is 29.6. The summed E-state index contributed by atoms with van der Waals surface area (Å²) in [6.07, 6.45) is 9.14. The Kier molecular flexibility index (Phi) is 1.44. The summed E-state index contributed by atoms with van der Waals surface area (Å²) < 4.78 is 0. The fourth-order valence-electron chi connectivity index (χ4n) is 1.64. The van der Waals surface area contributed by atoms with Crippen molar-refractivity contribution in [2.75, 3.05) is 0 Å². The Morgan fingerprint density at radius 2 is 2.50 bits per heavy atom. The van der Waals surface area contributed by atoms with Crippen LogP contribution in [0.5, 0.6) is 0 Å². The van der Waals surface area contributed by atoms with Crippen LogP contribution in [0.2, 0.25) is 0 Å². The molecular weight excluding hydrogens is 122 g/mol. The van der Waals surface area contributed by atoms with Crippen molar-refractivity contribution in [1.29, 1.82) is 0 Å². The summed E-state index contributed by atoms with van der Waals surface area (Å²) in [7, 11) is 0. The molecule has 2 aliphatic rings. The van der Waals surface area contributed by atoms with Crippen molar-refractivity contribution in [3.8, 4) is 0 Å². The van der Waals surface area contributed by atoms with Gasteiger partial charge in [0.1, 0.15) is 0 Å². The van der Waals surface area contributed by atoms with Gasteiger partial charge in [0.05, 0.1) is 6.20 Å². The van der Waals surface area contributed by atoms with E-state index in [9.17, 15) is 0 Å². The van der Waals surface area contributed by atoms with E-state index in [0.29, 0.717) is 5.92 Å². The molecule has 0 bridgehead atoms.